The van der Waals surface area contributed by atoms with E-state index in [1.807, 2.05) is 32.0 Å². The number of ether oxygens (including phenoxy) is 2. The molecule has 0 fully saturated rings. The Morgan fingerprint density at radius 2 is 1.88 bits per heavy atom. The molecule has 0 radical (unpaired) electrons. The molecule has 0 bridgehead atoms. The zero-order valence-corrected chi connectivity index (χ0v) is 10.6. The molecular weight excluding hydrogens is 216 g/mol. The van der Waals surface area contributed by atoms with Crippen LogP contribution in [-0.4, -0.2) is 19.2 Å². The highest BCUT2D eigenvalue weighted by Crippen LogP contribution is 2.22. The number of rotatable bonds is 5. The highest BCUT2D eigenvalue weighted by atomic mass is 16.5. The van der Waals surface area contributed by atoms with Crippen LogP contribution < -0.4 is 4.74 Å². The molecule has 0 aromatic heterocycles. The van der Waals surface area contributed by atoms with Gasteiger partial charge in [0, 0.05) is 0 Å². The third-order valence-corrected chi connectivity index (χ3v) is 2.36. The van der Waals surface area contributed by atoms with Crippen LogP contribution in [0.25, 0.3) is 0 Å². The van der Waals surface area contributed by atoms with Crippen LogP contribution in [0, 0.1) is 13.8 Å². The van der Waals surface area contributed by atoms with Gasteiger partial charge in [0.05, 0.1) is 12.2 Å². The summed E-state index contributed by atoms with van der Waals surface area (Å²) in [5.74, 6) is 0.400. The first kappa shape index (κ1) is 13.3. The fraction of sp³-hybridized carbons (Fsp3) is 0.357. The topological polar surface area (TPSA) is 35.5 Å². The summed E-state index contributed by atoms with van der Waals surface area (Å²) in [4.78, 5) is 11.3. The second-order valence-electron chi connectivity index (χ2n) is 3.83. The van der Waals surface area contributed by atoms with Crippen molar-refractivity contribution in [1.29, 1.82) is 0 Å². The molecule has 1 rings (SSSR count). The standard InChI is InChI=1S/C14H18O3/c1-5-16-14(15)12(4)9-17-13-10(2)7-6-8-11(13)3/h6-8H,4-5,9H2,1-3H3. The number of carbonyl (C=O) groups is 1. The number of hydrogen-bond donors (Lipinski definition) is 0. The van der Waals surface area contributed by atoms with Gasteiger partial charge in [-0.3, -0.25) is 0 Å². The van der Waals surface area contributed by atoms with Crippen molar-refractivity contribution < 1.29 is 14.3 Å². The lowest BCUT2D eigenvalue weighted by Crippen LogP contribution is -2.13. The predicted molar refractivity (Wildman–Crippen MR) is 67.2 cm³/mol. The molecule has 0 aliphatic heterocycles. The SMILES string of the molecule is C=C(COc1c(C)cccc1C)C(=O)OCC. The van der Waals surface area contributed by atoms with Crippen molar-refractivity contribution in [1.82, 2.24) is 0 Å². The molecule has 0 aliphatic rings. The van der Waals surface area contributed by atoms with Crippen LogP contribution >= 0.6 is 0 Å². The summed E-state index contributed by atoms with van der Waals surface area (Å²) in [6.45, 7) is 9.85. The Bertz CT molecular complexity index is 401. The monoisotopic (exact) mass is 234 g/mol. The van der Waals surface area contributed by atoms with Gasteiger partial charge < -0.3 is 9.47 Å². The molecular formula is C14H18O3. The van der Waals surface area contributed by atoms with Gasteiger partial charge in [-0.05, 0) is 31.9 Å². The molecule has 0 heterocycles. The van der Waals surface area contributed by atoms with Crippen LogP contribution in [0.1, 0.15) is 18.1 Å². The highest BCUT2D eigenvalue weighted by Gasteiger charge is 2.10. The minimum Gasteiger partial charge on any atom is -0.488 e. The maximum atomic E-state index is 11.3. The van der Waals surface area contributed by atoms with Gasteiger partial charge in [-0.2, -0.15) is 0 Å². The number of esters is 1. The maximum Gasteiger partial charge on any atom is 0.336 e. The minimum absolute atomic E-state index is 0.157. The van der Waals surface area contributed by atoms with Crippen LogP contribution in [0.2, 0.25) is 0 Å². The number of carbonyl (C=O) groups excluding carboxylic acids is 1. The Labute approximate surface area is 102 Å². The van der Waals surface area contributed by atoms with E-state index in [-0.39, 0.29) is 6.61 Å². The molecule has 0 unspecified atom stereocenters. The van der Waals surface area contributed by atoms with E-state index < -0.39 is 5.97 Å². The third kappa shape index (κ3) is 3.63. The molecule has 0 saturated heterocycles. The third-order valence-electron chi connectivity index (χ3n) is 2.36. The van der Waals surface area contributed by atoms with Crippen molar-refractivity contribution in [2.75, 3.05) is 13.2 Å². The molecule has 1 aromatic rings. The molecule has 17 heavy (non-hydrogen) atoms. The molecule has 0 aliphatic carbocycles. The molecule has 92 valence electrons. The average Bonchev–Trinajstić information content (AvgIpc) is 2.28. The van der Waals surface area contributed by atoms with Gasteiger partial charge in [0.2, 0.25) is 0 Å². The van der Waals surface area contributed by atoms with Crippen LogP contribution in [0.3, 0.4) is 0 Å². The summed E-state index contributed by atoms with van der Waals surface area (Å²) in [7, 11) is 0. The number of aryl methyl sites for hydroxylation is 2. The highest BCUT2D eigenvalue weighted by molar-refractivity contribution is 5.88. The fourth-order valence-electron chi connectivity index (χ4n) is 1.48. The van der Waals surface area contributed by atoms with Crippen molar-refractivity contribution >= 4 is 5.97 Å². The Kier molecular flexibility index (Phi) is 4.76. The summed E-state index contributed by atoms with van der Waals surface area (Å²) >= 11 is 0. The number of benzene rings is 1. The Morgan fingerprint density at radius 3 is 2.41 bits per heavy atom. The van der Waals surface area contributed by atoms with Gasteiger partial charge in [0.15, 0.2) is 0 Å². The zero-order valence-electron chi connectivity index (χ0n) is 10.6. The van der Waals surface area contributed by atoms with Crippen molar-refractivity contribution in [2.24, 2.45) is 0 Å². The summed E-state index contributed by atoms with van der Waals surface area (Å²) in [6, 6.07) is 5.91. The van der Waals surface area contributed by atoms with E-state index in [0.29, 0.717) is 12.2 Å². The molecule has 0 amide bonds. The van der Waals surface area contributed by atoms with Gasteiger partial charge >= 0.3 is 5.97 Å². The first-order valence-corrected chi connectivity index (χ1v) is 5.60. The largest absolute Gasteiger partial charge is 0.488 e. The molecule has 0 spiro atoms. The van der Waals surface area contributed by atoms with E-state index in [1.54, 1.807) is 6.92 Å². The number of para-hydroxylation sites is 1. The van der Waals surface area contributed by atoms with E-state index in [0.717, 1.165) is 16.9 Å². The quantitative estimate of drug-likeness (QED) is 0.580. The van der Waals surface area contributed by atoms with E-state index in [1.165, 1.54) is 0 Å². The van der Waals surface area contributed by atoms with Crippen molar-refractivity contribution in [3.63, 3.8) is 0 Å². The summed E-state index contributed by atoms with van der Waals surface area (Å²) in [6.07, 6.45) is 0. The molecule has 3 nitrogen and oxygen atoms in total. The van der Waals surface area contributed by atoms with Gasteiger partial charge in [0.1, 0.15) is 12.4 Å². The molecule has 0 atom stereocenters. The molecule has 3 heteroatoms. The van der Waals surface area contributed by atoms with E-state index in [4.69, 9.17) is 9.47 Å². The normalized spacial score (nSPS) is 9.82. The zero-order chi connectivity index (χ0) is 12.8. The lowest BCUT2D eigenvalue weighted by atomic mass is 10.1. The Morgan fingerprint density at radius 1 is 1.29 bits per heavy atom. The van der Waals surface area contributed by atoms with Crippen molar-refractivity contribution in [3.05, 3.63) is 41.5 Å². The van der Waals surface area contributed by atoms with Crippen LogP contribution in [0.15, 0.2) is 30.4 Å². The first-order valence-electron chi connectivity index (χ1n) is 5.60. The smallest absolute Gasteiger partial charge is 0.336 e. The summed E-state index contributed by atoms with van der Waals surface area (Å²) < 4.78 is 10.4. The first-order chi connectivity index (χ1) is 8.06. The van der Waals surface area contributed by atoms with Gasteiger partial charge in [0.25, 0.3) is 0 Å². The average molecular weight is 234 g/mol. The van der Waals surface area contributed by atoms with Crippen LogP contribution in [0.5, 0.6) is 5.75 Å². The van der Waals surface area contributed by atoms with Gasteiger partial charge in [-0.15, -0.1) is 0 Å². The summed E-state index contributed by atoms with van der Waals surface area (Å²) in [5, 5.41) is 0. The number of hydrogen-bond acceptors (Lipinski definition) is 3. The van der Waals surface area contributed by atoms with Crippen LogP contribution in [0.4, 0.5) is 0 Å². The lowest BCUT2D eigenvalue weighted by Gasteiger charge is -2.12. The van der Waals surface area contributed by atoms with Gasteiger partial charge in [-0.1, -0.05) is 24.8 Å². The van der Waals surface area contributed by atoms with Gasteiger partial charge in [-0.25, -0.2) is 4.79 Å². The second-order valence-corrected chi connectivity index (χ2v) is 3.83. The molecule has 1 aromatic carbocycles. The Balaban J connectivity index is 2.62. The van der Waals surface area contributed by atoms with E-state index >= 15 is 0 Å². The predicted octanol–water partition coefficient (Wildman–Crippen LogP) is 2.80. The van der Waals surface area contributed by atoms with Crippen molar-refractivity contribution in [2.45, 2.75) is 20.8 Å². The Hall–Kier alpha value is -1.77. The van der Waals surface area contributed by atoms with E-state index in [9.17, 15) is 4.79 Å². The minimum atomic E-state index is -0.404. The molecule has 0 saturated carbocycles. The maximum absolute atomic E-state index is 11.3. The van der Waals surface area contributed by atoms with E-state index in [2.05, 4.69) is 6.58 Å². The second kappa shape index (κ2) is 6.09. The van der Waals surface area contributed by atoms with Crippen LogP contribution in [-0.2, 0) is 9.53 Å². The fourth-order valence-corrected chi connectivity index (χ4v) is 1.48. The summed E-state index contributed by atoms with van der Waals surface area (Å²) in [5.41, 5.74) is 2.41. The lowest BCUT2D eigenvalue weighted by molar-refractivity contribution is -0.138. The molecule has 0 N–H and O–H groups in total. The van der Waals surface area contributed by atoms with Crippen molar-refractivity contribution in [3.8, 4) is 5.75 Å².